The molecule has 88 valence electrons. The van der Waals surface area contributed by atoms with Gasteiger partial charge < -0.3 is 10.1 Å². The van der Waals surface area contributed by atoms with Crippen molar-refractivity contribution in [1.82, 2.24) is 5.32 Å². The molecular weight excluding hydrogens is 205 g/mol. The first-order chi connectivity index (χ1) is 7.41. The molecule has 0 bridgehead atoms. The van der Waals surface area contributed by atoms with E-state index in [1.54, 1.807) is 12.1 Å². The lowest BCUT2D eigenvalue weighted by molar-refractivity contribution is -0.157. The number of hydrogen-bond donors (Lipinski definition) is 1. The standard InChI is InChI=1S/C13H18FNO/c1-12(2)8-15-9-13(3,16-12)10-4-6-11(14)7-5-10/h4-7,15H,8-9H2,1-3H3. The van der Waals surface area contributed by atoms with E-state index >= 15 is 0 Å². The summed E-state index contributed by atoms with van der Waals surface area (Å²) in [6, 6.07) is 6.54. The Morgan fingerprint density at radius 2 is 1.75 bits per heavy atom. The summed E-state index contributed by atoms with van der Waals surface area (Å²) < 4.78 is 19.0. The molecule has 1 heterocycles. The number of morpholine rings is 1. The number of benzene rings is 1. The predicted molar refractivity (Wildman–Crippen MR) is 61.8 cm³/mol. The molecule has 2 nitrogen and oxygen atoms in total. The molecule has 0 aromatic heterocycles. The Morgan fingerprint density at radius 3 is 2.31 bits per heavy atom. The van der Waals surface area contributed by atoms with E-state index in [2.05, 4.69) is 19.2 Å². The van der Waals surface area contributed by atoms with Gasteiger partial charge in [-0.15, -0.1) is 0 Å². The second-order valence-corrected chi connectivity index (χ2v) is 5.20. The smallest absolute Gasteiger partial charge is 0.123 e. The van der Waals surface area contributed by atoms with E-state index in [1.165, 1.54) is 12.1 Å². The van der Waals surface area contributed by atoms with Crippen molar-refractivity contribution < 1.29 is 9.13 Å². The molecule has 1 atom stereocenters. The predicted octanol–water partition coefficient (Wildman–Crippen LogP) is 2.44. The maximum absolute atomic E-state index is 12.9. The van der Waals surface area contributed by atoms with E-state index < -0.39 is 0 Å². The molecule has 2 rings (SSSR count). The minimum Gasteiger partial charge on any atom is -0.362 e. The molecule has 1 fully saturated rings. The van der Waals surface area contributed by atoms with Gasteiger partial charge in [-0.1, -0.05) is 12.1 Å². The Labute approximate surface area is 95.8 Å². The van der Waals surface area contributed by atoms with E-state index in [1.807, 2.05) is 6.92 Å². The van der Waals surface area contributed by atoms with Crippen molar-refractivity contribution >= 4 is 0 Å². The van der Waals surface area contributed by atoms with Gasteiger partial charge in [-0.05, 0) is 38.5 Å². The third-order valence-electron chi connectivity index (χ3n) is 2.97. The van der Waals surface area contributed by atoms with Crippen LogP contribution in [0.5, 0.6) is 0 Å². The Bertz CT molecular complexity index is 374. The van der Waals surface area contributed by atoms with Crippen LogP contribution in [0.1, 0.15) is 26.3 Å². The van der Waals surface area contributed by atoms with Crippen molar-refractivity contribution in [1.29, 1.82) is 0 Å². The normalized spacial score (nSPS) is 29.0. The van der Waals surface area contributed by atoms with Crippen LogP contribution in [-0.4, -0.2) is 18.7 Å². The molecular formula is C13H18FNO. The lowest BCUT2D eigenvalue weighted by Gasteiger charge is -2.44. The zero-order chi connectivity index (χ0) is 11.8. The summed E-state index contributed by atoms with van der Waals surface area (Å²) in [6.07, 6.45) is 0. The number of hydrogen-bond acceptors (Lipinski definition) is 2. The fourth-order valence-corrected chi connectivity index (χ4v) is 2.25. The maximum atomic E-state index is 12.9. The highest BCUT2D eigenvalue weighted by molar-refractivity contribution is 5.24. The summed E-state index contributed by atoms with van der Waals surface area (Å²) in [5.74, 6) is -0.213. The highest BCUT2D eigenvalue weighted by Crippen LogP contribution is 2.32. The highest BCUT2D eigenvalue weighted by Gasteiger charge is 2.38. The topological polar surface area (TPSA) is 21.3 Å². The first-order valence-electron chi connectivity index (χ1n) is 5.58. The van der Waals surface area contributed by atoms with Crippen LogP contribution in [0.15, 0.2) is 24.3 Å². The molecule has 1 saturated heterocycles. The average Bonchev–Trinajstić information content (AvgIpc) is 2.16. The van der Waals surface area contributed by atoms with E-state index in [0.717, 1.165) is 18.7 Å². The minimum atomic E-state index is -0.380. The zero-order valence-electron chi connectivity index (χ0n) is 10.0. The average molecular weight is 223 g/mol. The van der Waals surface area contributed by atoms with E-state index in [9.17, 15) is 4.39 Å². The van der Waals surface area contributed by atoms with Gasteiger partial charge in [0.1, 0.15) is 11.4 Å². The van der Waals surface area contributed by atoms with Crippen molar-refractivity contribution in [2.24, 2.45) is 0 Å². The maximum Gasteiger partial charge on any atom is 0.123 e. The van der Waals surface area contributed by atoms with Gasteiger partial charge in [0.05, 0.1) is 5.60 Å². The fraction of sp³-hybridized carbons (Fsp3) is 0.538. The summed E-state index contributed by atoms with van der Waals surface area (Å²) in [5, 5.41) is 3.36. The van der Waals surface area contributed by atoms with Crippen LogP contribution in [0.4, 0.5) is 4.39 Å². The van der Waals surface area contributed by atoms with E-state index in [0.29, 0.717) is 0 Å². The second-order valence-electron chi connectivity index (χ2n) is 5.20. The molecule has 1 N–H and O–H groups in total. The van der Waals surface area contributed by atoms with Gasteiger partial charge in [0.15, 0.2) is 0 Å². The quantitative estimate of drug-likeness (QED) is 0.789. The van der Waals surface area contributed by atoms with Crippen LogP contribution in [0.25, 0.3) is 0 Å². The molecule has 1 aromatic carbocycles. The monoisotopic (exact) mass is 223 g/mol. The third kappa shape index (κ3) is 2.25. The fourth-order valence-electron chi connectivity index (χ4n) is 2.25. The van der Waals surface area contributed by atoms with Crippen molar-refractivity contribution in [2.45, 2.75) is 32.0 Å². The van der Waals surface area contributed by atoms with E-state index in [-0.39, 0.29) is 17.0 Å². The molecule has 0 saturated carbocycles. The van der Waals surface area contributed by atoms with Crippen LogP contribution in [0.3, 0.4) is 0 Å². The van der Waals surface area contributed by atoms with Crippen LogP contribution in [0, 0.1) is 5.82 Å². The van der Waals surface area contributed by atoms with Gasteiger partial charge >= 0.3 is 0 Å². The minimum absolute atomic E-state index is 0.193. The number of halogens is 1. The highest BCUT2D eigenvalue weighted by atomic mass is 19.1. The van der Waals surface area contributed by atoms with E-state index in [4.69, 9.17) is 4.74 Å². The van der Waals surface area contributed by atoms with Gasteiger partial charge in [0.25, 0.3) is 0 Å². The first-order valence-corrected chi connectivity index (χ1v) is 5.58. The first kappa shape index (κ1) is 11.6. The molecule has 3 heteroatoms. The second kappa shape index (κ2) is 3.82. The lowest BCUT2D eigenvalue weighted by Crippen LogP contribution is -2.55. The molecule has 1 aliphatic rings. The summed E-state index contributed by atoms with van der Waals surface area (Å²) in [5.41, 5.74) is 0.436. The van der Waals surface area contributed by atoms with Gasteiger partial charge in [0, 0.05) is 13.1 Å². The summed E-state index contributed by atoms with van der Waals surface area (Å²) >= 11 is 0. The summed E-state index contributed by atoms with van der Waals surface area (Å²) in [6.45, 7) is 7.74. The van der Waals surface area contributed by atoms with Crippen molar-refractivity contribution in [3.63, 3.8) is 0 Å². The SMILES string of the molecule is CC1(C)CNCC(C)(c2ccc(F)cc2)O1. The van der Waals surface area contributed by atoms with Crippen molar-refractivity contribution in [3.05, 3.63) is 35.6 Å². The largest absolute Gasteiger partial charge is 0.362 e. The van der Waals surface area contributed by atoms with Crippen LogP contribution in [-0.2, 0) is 10.3 Å². The zero-order valence-corrected chi connectivity index (χ0v) is 10.0. The Hall–Kier alpha value is -0.930. The van der Waals surface area contributed by atoms with Crippen molar-refractivity contribution in [3.8, 4) is 0 Å². The lowest BCUT2D eigenvalue weighted by atomic mass is 9.91. The third-order valence-corrected chi connectivity index (χ3v) is 2.97. The Morgan fingerprint density at radius 1 is 1.12 bits per heavy atom. The van der Waals surface area contributed by atoms with Crippen molar-refractivity contribution in [2.75, 3.05) is 13.1 Å². The molecule has 16 heavy (non-hydrogen) atoms. The number of rotatable bonds is 1. The molecule has 1 unspecified atom stereocenters. The molecule has 0 spiro atoms. The van der Waals surface area contributed by atoms with Gasteiger partial charge in [-0.25, -0.2) is 4.39 Å². The summed E-state index contributed by atoms with van der Waals surface area (Å²) in [4.78, 5) is 0. The Balaban J connectivity index is 2.27. The number of ether oxygens (including phenoxy) is 1. The van der Waals surface area contributed by atoms with Crippen LogP contribution < -0.4 is 5.32 Å². The van der Waals surface area contributed by atoms with Gasteiger partial charge in [-0.3, -0.25) is 0 Å². The molecule has 1 aromatic rings. The van der Waals surface area contributed by atoms with Gasteiger partial charge in [0.2, 0.25) is 0 Å². The van der Waals surface area contributed by atoms with Crippen LogP contribution >= 0.6 is 0 Å². The number of nitrogens with one attached hydrogen (secondary N) is 1. The van der Waals surface area contributed by atoms with Gasteiger partial charge in [-0.2, -0.15) is 0 Å². The molecule has 0 aliphatic carbocycles. The molecule has 1 aliphatic heterocycles. The van der Waals surface area contributed by atoms with Crippen LogP contribution in [0.2, 0.25) is 0 Å². The molecule has 0 radical (unpaired) electrons. The Kier molecular flexibility index (Phi) is 2.76. The molecule has 0 amide bonds. The summed E-state index contributed by atoms with van der Waals surface area (Å²) in [7, 11) is 0.